The lowest BCUT2D eigenvalue weighted by atomic mass is 9.83. The lowest BCUT2D eigenvalue weighted by molar-refractivity contribution is -0.155. The van der Waals surface area contributed by atoms with Crippen molar-refractivity contribution in [2.24, 2.45) is 10.8 Å². The topological polar surface area (TPSA) is 71.1 Å². The Hall–Kier alpha value is -2.22. The quantitative estimate of drug-likeness (QED) is 0.223. The highest BCUT2D eigenvalue weighted by Gasteiger charge is 2.33. The lowest BCUT2D eigenvalue weighted by Gasteiger charge is -2.35. The smallest absolute Gasteiger partial charge is 0.324 e. The summed E-state index contributed by atoms with van der Waals surface area (Å²) in [5, 5.41) is 0. The van der Waals surface area contributed by atoms with Crippen LogP contribution in [0.25, 0.3) is 0 Å². The van der Waals surface area contributed by atoms with Gasteiger partial charge in [-0.2, -0.15) is 0 Å². The van der Waals surface area contributed by atoms with Crippen LogP contribution in [-0.4, -0.2) is 36.4 Å². The number of carbonyl (C=O) groups is 2. The number of hydrogen-bond donors (Lipinski definition) is 0. The lowest BCUT2D eigenvalue weighted by Crippen LogP contribution is -2.29. The molecule has 2 aliphatic rings. The average Bonchev–Trinajstić information content (AvgIpc) is 2.91. The third kappa shape index (κ3) is 12.1. The molecule has 0 N–H and O–H groups in total. The van der Waals surface area contributed by atoms with E-state index in [2.05, 4.69) is 55.8 Å². The van der Waals surface area contributed by atoms with E-state index in [1.165, 1.54) is 0 Å². The molecule has 45 heavy (non-hydrogen) atoms. The third-order valence-corrected chi connectivity index (χ3v) is 8.77. The van der Waals surface area contributed by atoms with Crippen molar-refractivity contribution >= 4 is 27.9 Å². The third-order valence-electron chi connectivity index (χ3n) is 7.90. The van der Waals surface area contributed by atoms with Crippen molar-refractivity contribution in [3.63, 3.8) is 0 Å². The summed E-state index contributed by atoms with van der Waals surface area (Å²) >= 11 is 3.51. The van der Waals surface area contributed by atoms with Crippen LogP contribution in [0.1, 0.15) is 134 Å². The van der Waals surface area contributed by atoms with Gasteiger partial charge in [0.1, 0.15) is 16.0 Å². The fourth-order valence-corrected chi connectivity index (χ4v) is 6.07. The van der Waals surface area contributed by atoms with Crippen LogP contribution in [0, 0.1) is 10.8 Å². The normalized spacial score (nSPS) is 21.9. The monoisotopic (exact) mass is 686 g/mol. The predicted molar refractivity (Wildman–Crippen MR) is 183 cm³/mol. The van der Waals surface area contributed by atoms with Crippen LogP contribution < -0.4 is 0 Å². The number of ether oxygens (including phenoxy) is 4. The van der Waals surface area contributed by atoms with Crippen molar-refractivity contribution < 1.29 is 28.5 Å². The largest absolute Gasteiger partial charge is 0.460 e. The van der Waals surface area contributed by atoms with E-state index in [4.69, 9.17) is 18.9 Å². The van der Waals surface area contributed by atoms with Crippen LogP contribution in [0.2, 0.25) is 0 Å². The Morgan fingerprint density at radius 3 is 1.73 bits per heavy atom. The molecule has 2 aliphatic heterocycles. The van der Waals surface area contributed by atoms with Crippen LogP contribution in [0.3, 0.4) is 0 Å². The number of carbonyl (C=O) groups excluding carboxylic acids is 2. The molecule has 2 saturated heterocycles. The fourth-order valence-electron chi connectivity index (χ4n) is 5.56. The molecule has 0 bridgehead atoms. The van der Waals surface area contributed by atoms with Gasteiger partial charge in [-0.15, -0.1) is 0 Å². The van der Waals surface area contributed by atoms with Crippen molar-refractivity contribution in [3.8, 4) is 0 Å². The first-order valence-corrected chi connectivity index (χ1v) is 17.2. The molecule has 0 aromatic heterocycles. The molecule has 3 unspecified atom stereocenters. The number of benzene rings is 2. The standard InChI is InChI=1S/C19H27BrO3.C19H28O3/c1-18(2,3)23-17(21)16(20)14-9-7-6-8-13(14)15-10-11-19(4,5)12-22-15;1-18(2,3)22-17(20)12-14-8-6-7-9-15(14)16-10-11-19(4,5)13-21-16/h6-9,15-16H,10-12H2,1-5H3;6-9,16H,10-13H2,1-5H3. The van der Waals surface area contributed by atoms with Gasteiger partial charge in [-0.3, -0.25) is 9.59 Å². The molecular weight excluding hydrogens is 632 g/mol. The maximum absolute atomic E-state index is 12.4. The first-order valence-electron chi connectivity index (χ1n) is 16.2. The van der Waals surface area contributed by atoms with Gasteiger partial charge in [0.2, 0.25) is 0 Å². The van der Waals surface area contributed by atoms with Gasteiger partial charge in [-0.1, -0.05) is 92.2 Å². The molecule has 2 fully saturated rings. The molecule has 0 spiro atoms. The Morgan fingerprint density at radius 2 is 1.24 bits per heavy atom. The highest BCUT2D eigenvalue weighted by molar-refractivity contribution is 9.09. The number of halogens is 1. The summed E-state index contributed by atoms with van der Waals surface area (Å²) in [7, 11) is 0. The molecule has 0 radical (unpaired) electrons. The van der Waals surface area contributed by atoms with Gasteiger partial charge in [0, 0.05) is 0 Å². The zero-order chi connectivity index (χ0) is 33.6. The van der Waals surface area contributed by atoms with E-state index in [-0.39, 0.29) is 35.0 Å². The first kappa shape index (κ1) is 37.2. The average molecular weight is 688 g/mol. The molecule has 7 heteroatoms. The maximum atomic E-state index is 12.4. The van der Waals surface area contributed by atoms with E-state index in [9.17, 15) is 9.59 Å². The molecule has 4 rings (SSSR count). The summed E-state index contributed by atoms with van der Waals surface area (Å²) in [6.07, 6.45) is 4.66. The second-order valence-electron chi connectivity index (χ2n) is 16.0. The zero-order valence-corrected chi connectivity index (χ0v) is 30.7. The molecule has 6 nitrogen and oxygen atoms in total. The summed E-state index contributed by atoms with van der Waals surface area (Å²) in [5.41, 5.74) is 3.69. The molecule has 0 saturated carbocycles. The number of alkyl halides is 1. The fraction of sp³-hybridized carbons (Fsp3) is 0.632. The van der Waals surface area contributed by atoms with Gasteiger partial charge < -0.3 is 18.9 Å². The summed E-state index contributed by atoms with van der Waals surface area (Å²) < 4.78 is 23.1. The van der Waals surface area contributed by atoms with Gasteiger partial charge in [0.15, 0.2) is 0 Å². The number of hydrogen-bond acceptors (Lipinski definition) is 6. The number of rotatable bonds is 6. The molecular formula is C38H55BrO6. The Kier molecular flexibility index (Phi) is 12.5. The van der Waals surface area contributed by atoms with Crippen LogP contribution in [-0.2, 0) is 35.0 Å². The molecule has 2 aromatic carbocycles. The molecule has 0 aliphatic carbocycles. The zero-order valence-electron chi connectivity index (χ0n) is 29.1. The maximum Gasteiger partial charge on any atom is 0.324 e. The number of esters is 2. The van der Waals surface area contributed by atoms with Crippen molar-refractivity contribution in [1.82, 2.24) is 0 Å². The molecule has 2 heterocycles. The Bertz CT molecular complexity index is 1270. The van der Waals surface area contributed by atoms with Crippen molar-refractivity contribution in [1.29, 1.82) is 0 Å². The highest BCUT2D eigenvalue weighted by Crippen LogP contribution is 2.41. The van der Waals surface area contributed by atoms with Crippen molar-refractivity contribution in [3.05, 3.63) is 70.8 Å². The minimum Gasteiger partial charge on any atom is -0.460 e. The van der Waals surface area contributed by atoms with Crippen LogP contribution in [0.5, 0.6) is 0 Å². The Balaban J connectivity index is 0.000000246. The summed E-state index contributed by atoms with van der Waals surface area (Å²) in [6, 6.07) is 16.0. The van der Waals surface area contributed by atoms with Crippen LogP contribution in [0.15, 0.2) is 48.5 Å². The summed E-state index contributed by atoms with van der Waals surface area (Å²) in [5.74, 6) is -0.447. The van der Waals surface area contributed by atoms with E-state index < -0.39 is 16.0 Å². The van der Waals surface area contributed by atoms with Gasteiger partial charge in [0.25, 0.3) is 0 Å². The van der Waals surface area contributed by atoms with Crippen LogP contribution >= 0.6 is 15.9 Å². The van der Waals surface area contributed by atoms with E-state index in [0.29, 0.717) is 6.42 Å². The minimum atomic E-state index is -0.497. The highest BCUT2D eigenvalue weighted by atomic mass is 79.9. The second kappa shape index (κ2) is 15.1. The van der Waals surface area contributed by atoms with E-state index in [1.807, 2.05) is 77.9 Å². The summed E-state index contributed by atoms with van der Waals surface area (Å²) in [6.45, 7) is 21.7. The molecule has 0 amide bonds. The van der Waals surface area contributed by atoms with Gasteiger partial charge in [0.05, 0.1) is 31.8 Å². The van der Waals surface area contributed by atoms with Gasteiger partial charge in [-0.05, 0) is 100 Å². The minimum absolute atomic E-state index is 0.0433. The van der Waals surface area contributed by atoms with Crippen LogP contribution in [0.4, 0.5) is 0 Å². The molecule has 250 valence electrons. The first-order chi connectivity index (χ1) is 20.8. The van der Waals surface area contributed by atoms with Crippen molar-refractivity contribution in [2.75, 3.05) is 13.2 Å². The van der Waals surface area contributed by atoms with E-state index in [1.54, 1.807) is 0 Å². The van der Waals surface area contributed by atoms with E-state index in [0.717, 1.165) is 61.2 Å². The SMILES string of the molecule is CC1(C)CCC(c2ccccc2C(Br)C(=O)OC(C)(C)C)OC1.CC1(C)CCC(c2ccccc2CC(=O)OC(C)(C)C)OC1. The Morgan fingerprint density at radius 1 is 0.778 bits per heavy atom. The van der Waals surface area contributed by atoms with Gasteiger partial charge in [-0.25, -0.2) is 0 Å². The van der Waals surface area contributed by atoms with E-state index >= 15 is 0 Å². The molecule has 3 atom stereocenters. The van der Waals surface area contributed by atoms with Gasteiger partial charge >= 0.3 is 11.9 Å². The predicted octanol–water partition coefficient (Wildman–Crippen LogP) is 9.79. The van der Waals surface area contributed by atoms with Crippen molar-refractivity contribution in [2.45, 2.75) is 130 Å². The molecule has 2 aromatic rings. The summed E-state index contributed by atoms with van der Waals surface area (Å²) in [4.78, 5) is 24.0. The Labute approximate surface area is 280 Å². The second-order valence-corrected chi connectivity index (χ2v) is 16.9.